The zero-order valence-electron chi connectivity index (χ0n) is 10.1. The van der Waals surface area contributed by atoms with Gasteiger partial charge in [0.2, 0.25) is 0 Å². The molecule has 0 amide bonds. The van der Waals surface area contributed by atoms with Gasteiger partial charge in [0.25, 0.3) is 0 Å². The van der Waals surface area contributed by atoms with Crippen LogP contribution in [0.2, 0.25) is 0 Å². The third kappa shape index (κ3) is 2.35. The highest BCUT2D eigenvalue weighted by Gasteiger charge is 2.19. The average molecular weight is 220 g/mol. The molecule has 2 heterocycles. The van der Waals surface area contributed by atoms with Crippen molar-refractivity contribution < 1.29 is 5.11 Å². The maximum Gasteiger partial charge on any atom is 0.0957 e. The molecule has 1 N–H and O–H groups in total. The zero-order valence-corrected chi connectivity index (χ0v) is 10.1. The van der Waals surface area contributed by atoms with Crippen LogP contribution >= 0.6 is 0 Å². The van der Waals surface area contributed by atoms with Gasteiger partial charge in [0.15, 0.2) is 0 Å². The van der Waals surface area contributed by atoms with Gasteiger partial charge in [-0.15, -0.1) is 0 Å². The van der Waals surface area contributed by atoms with Crippen LogP contribution in [-0.2, 0) is 0 Å². The number of hydrogen-bond donors (Lipinski definition) is 1. The number of aromatic nitrogens is 1. The first-order valence-corrected chi connectivity index (χ1v) is 6.09. The number of hydrogen-bond acceptors (Lipinski definition) is 3. The largest absolute Gasteiger partial charge is 0.387 e. The molecule has 16 heavy (non-hydrogen) atoms. The summed E-state index contributed by atoms with van der Waals surface area (Å²) in [5.74, 6) is 0.779. The SMILES string of the molecule is CC[C@H](O)c1ccc(N2CCC(C)C2)cn1. The Morgan fingerprint density at radius 2 is 2.38 bits per heavy atom. The van der Waals surface area contributed by atoms with Gasteiger partial charge in [-0.2, -0.15) is 0 Å². The summed E-state index contributed by atoms with van der Waals surface area (Å²) in [6, 6.07) is 4.01. The molecule has 1 saturated heterocycles. The number of anilines is 1. The molecule has 88 valence electrons. The fourth-order valence-electron chi connectivity index (χ4n) is 2.16. The Labute approximate surface area is 97.1 Å². The summed E-state index contributed by atoms with van der Waals surface area (Å²) in [5, 5.41) is 9.65. The minimum absolute atomic E-state index is 0.424. The maximum absolute atomic E-state index is 9.65. The Morgan fingerprint density at radius 3 is 2.88 bits per heavy atom. The lowest BCUT2D eigenvalue weighted by atomic mass is 10.2. The lowest BCUT2D eigenvalue weighted by Gasteiger charge is -2.18. The highest BCUT2D eigenvalue weighted by Crippen LogP contribution is 2.24. The zero-order chi connectivity index (χ0) is 11.5. The molecule has 1 aliphatic rings. The Hall–Kier alpha value is -1.09. The fourth-order valence-corrected chi connectivity index (χ4v) is 2.16. The van der Waals surface area contributed by atoms with Crippen LogP contribution in [0.25, 0.3) is 0 Å². The van der Waals surface area contributed by atoms with Crippen molar-refractivity contribution in [2.75, 3.05) is 18.0 Å². The van der Waals surface area contributed by atoms with E-state index in [2.05, 4.69) is 22.9 Å². The van der Waals surface area contributed by atoms with Crippen LogP contribution in [-0.4, -0.2) is 23.2 Å². The van der Waals surface area contributed by atoms with Crippen molar-refractivity contribution in [3.8, 4) is 0 Å². The Morgan fingerprint density at radius 1 is 1.56 bits per heavy atom. The summed E-state index contributed by atoms with van der Waals surface area (Å²) in [5.41, 5.74) is 1.95. The van der Waals surface area contributed by atoms with Crippen LogP contribution in [0.1, 0.15) is 38.5 Å². The van der Waals surface area contributed by atoms with Gasteiger partial charge >= 0.3 is 0 Å². The van der Waals surface area contributed by atoms with Crippen LogP contribution < -0.4 is 4.90 Å². The molecular formula is C13H20N2O. The number of rotatable bonds is 3. The van der Waals surface area contributed by atoms with Gasteiger partial charge in [0, 0.05) is 13.1 Å². The summed E-state index contributed by atoms with van der Waals surface area (Å²) in [4.78, 5) is 6.69. The van der Waals surface area contributed by atoms with Gasteiger partial charge in [-0.05, 0) is 30.9 Å². The second-order valence-electron chi connectivity index (χ2n) is 4.71. The standard InChI is InChI=1S/C13H20N2O/c1-3-13(16)12-5-4-11(8-14-12)15-7-6-10(2)9-15/h4-5,8,10,13,16H,3,6-7,9H2,1-2H3/t10?,13-/m0/s1. The van der Waals surface area contributed by atoms with Crippen molar-refractivity contribution >= 4 is 5.69 Å². The molecule has 1 fully saturated rings. The highest BCUT2D eigenvalue weighted by molar-refractivity contribution is 5.45. The van der Waals surface area contributed by atoms with Gasteiger partial charge in [0.1, 0.15) is 0 Å². The van der Waals surface area contributed by atoms with Crippen LogP contribution in [0.3, 0.4) is 0 Å². The van der Waals surface area contributed by atoms with Gasteiger partial charge < -0.3 is 10.0 Å². The van der Waals surface area contributed by atoms with Crippen molar-refractivity contribution in [1.82, 2.24) is 4.98 Å². The molecule has 1 unspecified atom stereocenters. The van der Waals surface area contributed by atoms with Gasteiger partial charge in [0.05, 0.1) is 23.7 Å². The second-order valence-corrected chi connectivity index (χ2v) is 4.71. The van der Waals surface area contributed by atoms with Gasteiger partial charge in [-0.3, -0.25) is 4.98 Å². The summed E-state index contributed by atoms with van der Waals surface area (Å²) in [6.45, 7) is 6.49. The van der Waals surface area contributed by atoms with Gasteiger partial charge in [-0.25, -0.2) is 0 Å². The molecule has 0 radical (unpaired) electrons. The first kappa shape index (κ1) is 11.4. The third-order valence-electron chi connectivity index (χ3n) is 3.29. The van der Waals surface area contributed by atoms with E-state index >= 15 is 0 Å². The van der Waals surface area contributed by atoms with Crippen molar-refractivity contribution in [3.63, 3.8) is 0 Å². The van der Waals surface area contributed by atoms with Crippen LogP contribution in [0.5, 0.6) is 0 Å². The number of pyridine rings is 1. The molecule has 3 nitrogen and oxygen atoms in total. The minimum atomic E-state index is -0.424. The lowest BCUT2D eigenvalue weighted by Crippen LogP contribution is -2.19. The molecule has 1 aromatic heterocycles. The predicted molar refractivity (Wildman–Crippen MR) is 65.5 cm³/mol. The molecule has 2 atom stereocenters. The Balaban J connectivity index is 2.07. The number of nitrogens with zero attached hydrogens (tertiary/aromatic N) is 2. The fraction of sp³-hybridized carbons (Fsp3) is 0.615. The lowest BCUT2D eigenvalue weighted by molar-refractivity contribution is 0.169. The first-order valence-electron chi connectivity index (χ1n) is 6.09. The summed E-state index contributed by atoms with van der Waals surface area (Å²) >= 11 is 0. The maximum atomic E-state index is 9.65. The quantitative estimate of drug-likeness (QED) is 0.849. The monoisotopic (exact) mass is 220 g/mol. The van der Waals surface area contributed by atoms with Gasteiger partial charge in [-0.1, -0.05) is 13.8 Å². The van der Waals surface area contributed by atoms with Crippen molar-refractivity contribution in [1.29, 1.82) is 0 Å². The van der Waals surface area contributed by atoms with Crippen molar-refractivity contribution in [3.05, 3.63) is 24.0 Å². The predicted octanol–water partition coefficient (Wildman–Crippen LogP) is 2.37. The smallest absolute Gasteiger partial charge is 0.0957 e. The van der Waals surface area contributed by atoms with Crippen LogP contribution in [0.4, 0.5) is 5.69 Å². The van der Waals surface area contributed by atoms with Crippen LogP contribution in [0.15, 0.2) is 18.3 Å². The number of aliphatic hydroxyl groups is 1. The summed E-state index contributed by atoms with van der Waals surface area (Å²) < 4.78 is 0. The van der Waals surface area contributed by atoms with E-state index in [0.717, 1.165) is 24.7 Å². The highest BCUT2D eigenvalue weighted by atomic mass is 16.3. The molecule has 3 heteroatoms. The molecule has 0 saturated carbocycles. The normalized spacial score (nSPS) is 22.4. The van der Waals surface area contributed by atoms with E-state index in [9.17, 15) is 5.11 Å². The Bertz CT molecular complexity index is 336. The van der Waals surface area contributed by atoms with E-state index in [1.807, 2.05) is 19.2 Å². The van der Waals surface area contributed by atoms with Crippen molar-refractivity contribution in [2.45, 2.75) is 32.8 Å². The van der Waals surface area contributed by atoms with Crippen molar-refractivity contribution in [2.24, 2.45) is 5.92 Å². The molecule has 0 spiro atoms. The minimum Gasteiger partial charge on any atom is -0.387 e. The van der Waals surface area contributed by atoms with E-state index in [1.165, 1.54) is 12.1 Å². The van der Waals surface area contributed by atoms with Crippen LogP contribution in [0, 0.1) is 5.92 Å². The number of aliphatic hydroxyl groups excluding tert-OH is 1. The molecule has 0 aromatic carbocycles. The second kappa shape index (κ2) is 4.83. The van der Waals surface area contributed by atoms with E-state index in [4.69, 9.17) is 0 Å². The molecule has 0 aliphatic carbocycles. The molecule has 0 bridgehead atoms. The topological polar surface area (TPSA) is 36.4 Å². The molecule has 1 aromatic rings. The molecule has 1 aliphatic heterocycles. The summed E-state index contributed by atoms with van der Waals surface area (Å²) in [7, 11) is 0. The van der Waals surface area contributed by atoms with E-state index in [1.54, 1.807) is 0 Å². The first-order chi connectivity index (χ1) is 7.70. The van der Waals surface area contributed by atoms with E-state index < -0.39 is 6.10 Å². The molecular weight excluding hydrogens is 200 g/mol. The average Bonchev–Trinajstić information content (AvgIpc) is 2.75. The Kier molecular flexibility index (Phi) is 3.44. The van der Waals surface area contributed by atoms with E-state index in [-0.39, 0.29) is 0 Å². The molecule has 2 rings (SSSR count). The third-order valence-corrected chi connectivity index (χ3v) is 3.29. The van der Waals surface area contributed by atoms with E-state index in [0.29, 0.717) is 6.42 Å². The summed E-state index contributed by atoms with van der Waals surface area (Å²) in [6.07, 6.45) is 3.44.